The predicted molar refractivity (Wildman–Crippen MR) is 73.9 cm³/mol. The number of amides is 4. The Bertz CT molecular complexity index is 433. The summed E-state index contributed by atoms with van der Waals surface area (Å²) in [5, 5.41) is 5.52. The van der Waals surface area contributed by atoms with E-state index in [9.17, 15) is 14.4 Å². The minimum atomic E-state index is -0.921. The topological polar surface area (TPSA) is 78.5 Å². The minimum absolute atomic E-state index is 0.157. The van der Waals surface area contributed by atoms with Gasteiger partial charge in [-0.05, 0) is 32.6 Å². The number of carbonyl (C=O) groups is 3. The third kappa shape index (κ3) is 2.94. The fourth-order valence-electron chi connectivity index (χ4n) is 2.89. The highest BCUT2D eigenvalue weighted by molar-refractivity contribution is 6.08. The highest BCUT2D eigenvalue weighted by Gasteiger charge is 2.45. The van der Waals surface area contributed by atoms with Crippen molar-refractivity contribution in [2.45, 2.75) is 58.0 Å². The Kier molecular flexibility index (Phi) is 4.01. The van der Waals surface area contributed by atoms with Crippen molar-refractivity contribution in [3.05, 3.63) is 0 Å². The van der Waals surface area contributed by atoms with Crippen molar-refractivity contribution in [2.24, 2.45) is 5.92 Å². The summed E-state index contributed by atoms with van der Waals surface area (Å²) in [5.74, 6) is -0.161. The summed E-state index contributed by atoms with van der Waals surface area (Å²) in [4.78, 5) is 36.7. The van der Waals surface area contributed by atoms with Crippen molar-refractivity contribution in [3.8, 4) is 0 Å². The molecule has 0 aromatic rings. The van der Waals surface area contributed by atoms with Gasteiger partial charge in [0, 0.05) is 6.04 Å². The molecule has 1 aliphatic carbocycles. The van der Waals surface area contributed by atoms with Crippen molar-refractivity contribution >= 4 is 17.8 Å². The molecule has 0 aromatic carbocycles. The van der Waals surface area contributed by atoms with E-state index in [0.717, 1.165) is 24.2 Å². The fraction of sp³-hybridized carbons (Fsp3) is 0.786. The van der Waals surface area contributed by atoms with Crippen molar-refractivity contribution in [1.29, 1.82) is 0 Å². The number of rotatable bonds is 3. The van der Waals surface area contributed by atoms with E-state index in [2.05, 4.69) is 17.6 Å². The maximum absolute atomic E-state index is 12.0. The van der Waals surface area contributed by atoms with Crippen LogP contribution in [0.25, 0.3) is 0 Å². The van der Waals surface area contributed by atoms with E-state index in [4.69, 9.17) is 0 Å². The number of hydrogen-bond donors (Lipinski definition) is 2. The number of urea groups is 1. The molecule has 20 heavy (non-hydrogen) atoms. The Labute approximate surface area is 119 Å². The molecule has 6 heteroatoms. The second-order valence-electron chi connectivity index (χ2n) is 6.38. The van der Waals surface area contributed by atoms with Gasteiger partial charge in [0.1, 0.15) is 12.1 Å². The second kappa shape index (κ2) is 5.42. The van der Waals surface area contributed by atoms with Crippen LogP contribution in [0.3, 0.4) is 0 Å². The highest BCUT2D eigenvalue weighted by Crippen LogP contribution is 2.23. The zero-order valence-electron chi connectivity index (χ0n) is 12.4. The quantitative estimate of drug-likeness (QED) is 0.758. The van der Waals surface area contributed by atoms with Crippen LogP contribution in [-0.4, -0.2) is 40.9 Å². The van der Waals surface area contributed by atoms with E-state index in [-0.39, 0.29) is 24.4 Å². The van der Waals surface area contributed by atoms with Crippen LogP contribution in [0.4, 0.5) is 4.79 Å². The monoisotopic (exact) mass is 281 g/mol. The molecule has 0 aromatic heterocycles. The van der Waals surface area contributed by atoms with Crippen LogP contribution in [0.15, 0.2) is 0 Å². The second-order valence-corrected chi connectivity index (χ2v) is 6.38. The van der Waals surface area contributed by atoms with Gasteiger partial charge in [-0.25, -0.2) is 4.79 Å². The number of hydrogen-bond acceptors (Lipinski definition) is 3. The lowest BCUT2D eigenvalue weighted by atomic mass is 9.86. The molecular formula is C14H23N3O3. The summed E-state index contributed by atoms with van der Waals surface area (Å²) in [6, 6.07) is -0.336. The van der Waals surface area contributed by atoms with Gasteiger partial charge in [0.25, 0.3) is 5.91 Å². The minimum Gasteiger partial charge on any atom is -0.352 e. The summed E-state index contributed by atoms with van der Waals surface area (Å²) in [7, 11) is 0. The fourth-order valence-corrected chi connectivity index (χ4v) is 2.89. The molecule has 2 atom stereocenters. The SMILES string of the molecule is C[C@H]1CCCC[C@@H]1NC(=O)CN1C(=O)NC(C)(C)C1=O. The first-order valence-corrected chi connectivity index (χ1v) is 7.25. The molecule has 0 bridgehead atoms. The van der Waals surface area contributed by atoms with Gasteiger partial charge >= 0.3 is 6.03 Å². The van der Waals surface area contributed by atoms with Crippen LogP contribution >= 0.6 is 0 Å². The van der Waals surface area contributed by atoms with Gasteiger partial charge in [0.05, 0.1) is 0 Å². The third-order valence-electron chi connectivity index (χ3n) is 4.20. The molecule has 2 rings (SSSR count). The zero-order valence-corrected chi connectivity index (χ0v) is 12.4. The molecule has 0 radical (unpaired) electrons. The van der Waals surface area contributed by atoms with E-state index < -0.39 is 11.6 Å². The van der Waals surface area contributed by atoms with Gasteiger partial charge in [-0.1, -0.05) is 19.8 Å². The van der Waals surface area contributed by atoms with Crippen LogP contribution in [0.1, 0.15) is 46.5 Å². The molecule has 2 fully saturated rings. The Morgan fingerprint density at radius 1 is 1.35 bits per heavy atom. The number of carbonyl (C=O) groups excluding carboxylic acids is 3. The van der Waals surface area contributed by atoms with Crippen LogP contribution < -0.4 is 10.6 Å². The first-order valence-electron chi connectivity index (χ1n) is 7.25. The van der Waals surface area contributed by atoms with E-state index in [1.807, 2.05) is 0 Å². The number of nitrogens with one attached hydrogen (secondary N) is 2. The van der Waals surface area contributed by atoms with Crippen molar-refractivity contribution in [1.82, 2.24) is 15.5 Å². The Morgan fingerprint density at radius 2 is 2.00 bits per heavy atom. The Hall–Kier alpha value is -1.59. The predicted octanol–water partition coefficient (Wildman–Crippen LogP) is 1.01. The van der Waals surface area contributed by atoms with Gasteiger partial charge in [0.15, 0.2) is 0 Å². The summed E-state index contributed by atoms with van der Waals surface area (Å²) in [5.41, 5.74) is -0.921. The Morgan fingerprint density at radius 3 is 2.55 bits per heavy atom. The summed E-state index contributed by atoms with van der Waals surface area (Å²) in [6.07, 6.45) is 4.40. The smallest absolute Gasteiger partial charge is 0.325 e. The molecule has 2 aliphatic rings. The van der Waals surface area contributed by atoms with Crippen LogP contribution in [-0.2, 0) is 9.59 Å². The van der Waals surface area contributed by atoms with Gasteiger partial charge in [-0.2, -0.15) is 0 Å². The third-order valence-corrected chi connectivity index (χ3v) is 4.20. The maximum Gasteiger partial charge on any atom is 0.325 e. The van der Waals surface area contributed by atoms with Crippen molar-refractivity contribution in [3.63, 3.8) is 0 Å². The standard InChI is InChI=1S/C14H23N3O3/c1-9-6-4-5-7-10(9)15-11(18)8-17-12(19)14(2,3)16-13(17)20/h9-10H,4-8H2,1-3H3,(H,15,18)(H,16,20)/t9-,10-/m0/s1. The van der Waals surface area contributed by atoms with Gasteiger partial charge in [-0.15, -0.1) is 0 Å². The molecular weight excluding hydrogens is 258 g/mol. The zero-order chi connectivity index (χ0) is 14.9. The average Bonchev–Trinajstić information content (AvgIpc) is 2.55. The van der Waals surface area contributed by atoms with E-state index in [0.29, 0.717) is 5.92 Å². The first-order chi connectivity index (χ1) is 9.31. The molecule has 112 valence electrons. The maximum atomic E-state index is 12.0. The lowest BCUT2D eigenvalue weighted by Crippen LogP contribution is -2.47. The molecule has 0 spiro atoms. The summed E-state index contributed by atoms with van der Waals surface area (Å²) >= 11 is 0. The largest absolute Gasteiger partial charge is 0.352 e. The molecule has 2 N–H and O–H groups in total. The molecule has 1 saturated carbocycles. The lowest BCUT2D eigenvalue weighted by Gasteiger charge is -2.30. The average molecular weight is 281 g/mol. The summed E-state index contributed by atoms with van der Waals surface area (Å²) < 4.78 is 0. The normalized spacial score (nSPS) is 29.2. The van der Waals surface area contributed by atoms with Crippen LogP contribution in [0.2, 0.25) is 0 Å². The molecule has 1 aliphatic heterocycles. The molecule has 6 nitrogen and oxygen atoms in total. The molecule has 4 amide bonds. The van der Waals surface area contributed by atoms with Crippen molar-refractivity contribution in [2.75, 3.05) is 6.54 Å². The van der Waals surface area contributed by atoms with Crippen molar-refractivity contribution < 1.29 is 14.4 Å². The number of imide groups is 1. The molecule has 1 heterocycles. The van der Waals surface area contributed by atoms with E-state index in [1.165, 1.54) is 6.42 Å². The van der Waals surface area contributed by atoms with Gasteiger partial charge in [-0.3, -0.25) is 14.5 Å². The highest BCUT2D eigenvalue weighted by atomic mass is 16.2. The lowest BCUT2D eigenvalue weighted by molar-refractivity contribution is -0.134. The summed E-state index contributed by atoms with van der Waals surface area (Å²) in [6.45, 7) is 5.20. The van der Waals surface area contributed by atoms with Crippen LogP contribution in [0.5, 0.6) is 0 Å². The number of nitrogens with zero attached hydrogens (tertiary/aromatic N) is 1. The first kappa shape index (κ1) is 14.8. The van der Waals surface area contributed by atoms with Gasteiger partial charge in [0.2, 0.25) is 5.91 Å². The molecule has 1 saturated heterocycles. The van der Waals surface area contributed by atoms with E-state index in [1.54, 1.807) is 13.8 Å². The van der Waals surface area contributed by atoms with Gasteiger partial charge < -0.3 is 10.6 Å². The Balaban J connectivity index is 1.91. The molecule has 0 unspecified atom stereocenters. The van der Waals surface area contributed by atoms with E-state index >= 15 is 0 Å². The van der Waals surface area contributed by atoms with Crippen LogP contribution in [0, 0.1) is 5.92 Å².